The number of nitrogens with one attached hydrogen (secondary N) is 1. The molecule has 3 nitrogen and oxygen atoms in total. The molecule has 0 saturated heterocycles. The fourth-order valence-corrected chi connectivity index (χ4v) is 4.11. The van der Waals surface area contributed by atoms with Crippen LogP contribution < -0.4 is 5.32 Å². The van der Waals surface area contributed by atoms with Crippen LogP contribution in [0.1, 0.15) is 21.5 Å². The molecule has 0 spiro atoms. The Balaban J connectivity index is 1.77. The minimum absolute atomic E-state index is 0.194. The van der Waals surface area contributed by atoms with Crippen molar-refractivity contribution in [1.82, 2.24) is 10.3 Å². The van der Waals surface area contributed by atoms with Crippen molar-refractivity contribution in [3.63, 3.8) is 0 Å². The molecule has 6 heteroatoms. The molecule has 0 aliphatic rings. The van der Waals surface area contributed by atoms with Gasteiger partial charge in [-0.25, -0.2) is 4.98 Å². The van der Waals surface area contributed by atoms with Gasteiger partial charge in [0, 0.05) is 32.6 Å². The highest BCUT2D eigenvalue weighted by atomic mass is 35.5. The molecule has 3 aromatic carbocycles. The third-order valence-corrected chi connectivity index (χ3v) is 5.74. The van der Waals surface area contributed by atoms with E-state index in [0.29, 0.717) is 20.6 Å². The molecule has 0 aliphatic heterocycles. The first-order chi connectivity index (χ1) is 14.4. The average molecular weight is 456 g/mol. The highest BCUT2D eigenvalue weighted by molar-refractivity contribution is 6.35. The van der Waals surface area contributed by atoms with E-state index in [1.807, 2.05) is 55.5 Å². The number of carbonyl (C=O) groups excluding carboxylic acids is 1. The molecule has 0 atom stereocenters. The van der Waals surface area contributed by atoms with Crippen molar-refractivity contribution in [2.24, 2.45) is 0 Å². The van der Waals surface area contributed by atoms with E-state index in [9.17, 15) is 4.79 Å². The van der Waals surface area contributed by atoms with Crippen LogP contribution in [0.15, 0.2) is 66.7 Å². The fraction of sp³-hybridized carbons (Fsp3) is 0.0833. The smallest absolute Gasteiger partial charge is 0.252 e. The predicted octanol–water partition coefficient (Wildman–Crippen LogP) is 7.10. The van der Waals surface area contributed by atoms with E-state index >= 15 is 0 Å². The van der Waals surface area contributed by atoms with Crippen LogP contribution in [0.25, 0.3) is 22.2 Å². The molecule has 4 rings (SSSR count). The van der Waals surface area contributed by atoms with Crippen LogP contribution in [0.2, 0.25) is 15.1 Å². The van der Waals surface area contributed by atoms with Crippen molar-refractivity contribution in [1.29, 1.82) is 0 Å². The quantitative estimate of drug-likeness (QED) is 0.356. The summed E-state index contributed by atoms with van der Waals surface area (Å²) in [6, 6.07) is 20.3. The molecule has 1 aromatic heterocycles. The van der Waals surface area contributed by atoms with E-state index in [1.54, 1.807) is 18.2 Å². The topological polar surface area (TPSA) is 42.0 Å². The van der Waals surface area contributed by atoms with Gasteiger partial charge in [-0.15, -0.1) is 0 Å². The Kier molecular flexibility index (Phi) is 5.96. The Bertz CT molecular complexity index is 1270. The van der Waals surface area contributed by atoms with Crippen LogP contribution in [0, 0.1) is 6.92 Å². The SMILES string of the molecule is Cc1c(-c2cccc(Cl)c2)nc2ccccc2c1C(=O)NCc1ccc(Cl)cc1Cl. The molecule has 0 fully saturated rings. The summed E-state index contributed by atoms with van der Waals surface area (Å²) >= 11 is 18.4. The van der Waals surface area contributed by atoms with E-state index < -0.39 is 0 Å². The maximum Gasteiger partial charge on any atom is 0.252 e. The third kappa shape index (κ3) is 4.15. The van der Waals surface area contributed by atoms with Crippen LogP contribution >= 0.6 is 34.8 Å². The van der Waals surface area contributed by atoms with Gasteiger partial charge in [0.05, 0.1) is 16.8 Å². The van der Waals surface area contributed by atoms with E-state index in [4.69, 9.17) is 39.8 Å². The lowest BCUT2D eigenvalue weighted by molar-refractivity contribution is 0.0952. The molecule has 0 unspecified atom stereocenters. The Morgan fingerprint density at radius 2 is 1.70 bits per heavy atom. The molecule has 1 N–H and O–H groups in total. The number of nitrogens with zero attached hydrogens (tertiary/aromatic N) is 1. The summed E-state index contributed by atoms with van der Waals surface area (Å²) in [6.45, 7) is 2.19. The molecule has 4 aromatic rings. The summed E-state index contributed by atoms with van der Waals surface area (Å²) in [5.74, 6) is -0.194. The van der Waals surface area contributed by atoms with Crippen molar-refractivity contribution in [3.8, 4) is 11.3 Å². The summed E-state index contributed by atoms with van der Waals surface area (Å²) in [4.78, 5) is 18.0. The Morgan fingerprint density at radius 3 is 2.47 bits per heavy atom. The highest BCUT2D eigenvalue weighted by Gasteiger charge is 2.19. The van der Waals surface area contributed by atoms with Crippen molar-refractivity contribution in [3.05, 3.63) is 98.5 Å². The first-order valence-electron chi connectivity index (χ1n) is 9.31. The molecule has 0 saturated carbocycles. The molecule has 0 bridgehead atoms. The zero-order chi connectivity index (χ0) is 21.3. The number of halogens is 3. The molecule has 150 valence electrons. The number of hydrogen-bond donors (Lipinski definition) is 1. The van der Waals surface area contributed by atoms with Crippen molar-refractivity contribution in [2.75, 3.05) is 0 Å². The van der Waals surface area contributed by atoms with Gasteiger partial charge in [-0.2, -0.15) is 0 Å². The summed E-state index contributed by atoms with van der Waals surface area (Å²) in [5, 5.41) is 5.45. The number of amides is 1. The minimum atomic E-state index is -0.194. The lowest BCUT2D eigenvalue weighted by Crippen LogP contribution is -2.24. The molecule has 1 heterocycles. The second-order valence-electron chi connectivity index (χ2n) is 6.91. The summed E-state index contributed by atoms with van der Waals surface area (Å²) in [5.41, 5.74) is 4.50. The van der Waals surface area contributed by atoms with Gasteiger partial charge in [0.25, 0.3) is 5.91 Å². The first-order valence-corrected chi connectivity index (χ1v) is 10.4. The van der Waals surface area contributed by atoms with Gasteiger partial charge < -0.3 is 5.32 Å². The summed E-state index contributed by atoms with van der Waals surface area (Å²) in [6.07, 6.45) is 0. The van der Waals surface area contributed by atoms with E-state index in [0.717, 1.165) is 33.3 Å². The number of pyridine rings is 1. The maximum absolute atomic E-state index is 13.2. The zero-order valence-corrected chi connectivity index (χ0v) is 18.3. The van der Waals surface area contributed by atoms with Crippen LogP contribution in [-0.2, 0) is 6.54 Å². The standard InChI is InChI=1S/C24H17Cl3N2O/c1-14-22(24(30)28-13-16-9-10-18(26)12-20(16)27)19-7-2-3-8-21(19)29-23(14)15-5-4-6-17(25)11-15/h2-12H,13H2,1H3,(H,28,30). The number of rotatable bonds is 4. The van der Waals surface area contributed by atoms with Gasteiger partial charge in [0.2, 0.25) is 0 Å². The third-order valence-electron chi connectivity index (χ3n) is 4.92. The molecular formula is C24H17Cl3N2O. The summed E-state index contributed by atoms with van der Waals surface area (Å²) in [7, 11) is 0. The van der Waals surface area contributed by atoms with Crippen LogP contribution in [0.5, 0.6) is 0 Å². The highest BCUT2D eigenvalue weighted by Crippen LogP contribution is 2.31. The zero-order valence-electron chi connectivity index (χ0n) is 16.0. The van der Waals surface area contributed by atoms with E-state index in [2.05, 4.69) is 5.32 Å². The maximum atomic E-state index is 13.2. The fourth-order valence-electron chi connectivity index (χ4n) is 3.45. The van der Waals surface area contributed by atoms with Crippen molar-refractivity contribution < 1.29 is 4.79 Å². The second kappa shape index (κ2) is 8.65. The number of aromatic nitrogens is 1. The van der Waals surface area contributed by atoms with E-state index in [-0.39, 0.29) is 12.5 Å². The van der Waals surface area contributed by atoms with Gasteiger partial charge in [-0.3, -0.25) is 4.79 Å². The van der Waals surface area contributed by atoms with Gasteiger partial charge in [0.15, 0.2) is 0 Å². The minimum Gasteiger partial charge on any atom is -0.348 e. The predicted molar refractivity (Wildman–Crippen MR) is 125 cm³/mol. The number of fused-ring (bicyclic) bond motifs is 1. The molecule has 0 radical (unpaired) electrons. The number of hydrogen-bond acceptors (Lipinski definition) is 2. The van der Waals surface area contributed by atoms with Crippen molar-refractivity contribution >= 4 is 51.6 Å². The van der Waals surface area contributed by atoms with Gasteiger partial charge in [-0.05, 0) is 48.4 Å². The Hall–Kier alpha value is -2.59. The van der Waals surface area contributed by atoms with E-state index in [1.165, 1.54) is 0 Å². The number of para-hydroxylation sites is 1. The first kappa shape index (κ1) is 20.7. The summed E-state index contributed by atoms with van der Waals surface area (Å²) < 4.78 is 0. The monoisotopic (exact) mass is 454 g/mol. The second-order valence-corrected chi connectivity index (χ2v) is 8.19. The molecule has 0 aliphatic carbocycles. The van der Waals surface area contributed by atoms with Gasteiger partial charge in [0.1, 0.15) is 0 Å². The van der Waals surface area contributed by atoms with Gasteiger partial charge >= 0.3 is 0 Å². The Morgan fingerprint density at radius 1 is 0.933 bits per heavy atom. The number of benzene rings is 3. The average Bonchev–Trinajstić information content (AvgIpc) is 2.72. The van der Waals surface area contributed by atoms with Crippen LogP contribution in [0.4, 0.5) is 0 Å². The Labute approximate surface area is 189 Å². The van der Waals surface area contributed by atoms with Crippen LogP contribution in [-0.4, -0.2) is 10.9 Å². The largest absolute Gasteiger partial charge is 0.348 e. The van der Waals surface area contributed by atoms with Gasteiger partial charge in [-0.1, -0.05) is 71.2 Å². The van der Waals surface area contributed by atoms with Crippen molar-refractivity contribution in [2.45, 2.75) is 13.5 Å². The molecular weight excluding hydrogens is 439 g/mol. The molecule has 30 heavy (non-hydrogen) atoms. The van der Waals surface area contributed by atoms with Crippen LogP contribution in [0.3, 0.4) is 0 Å². The lowest BCUT2D eigenvalue weighted by atomic mass is 9.97. The molecule has 1 amide bonds. The lowest BCUT2D eigenvalue weighted by Gasteiger charge is -2.15. The number of carbonyl (C=O) groups is 1. The normalized spacial score (nSPS) is 10.9.